The van der Waals surface area contributed by atoms with Gasteiger partial charge in [0.2, 0.25) is 5.91 Å². The highest BCUT2D eigenvalue weighted by molar-refractivity contribution is 5.95. The van der Waals surface area contributed by atoms with Crippen LogP contribution in [0.15, 0.2) is 24.3 Å². The number of carbonyl (C=O) groups excluding carboxylic acids is 2. The van der Waals surface area contributed by atoms with Gasteiger partial charge in [-0.25, -0.2) is 0 Å². The van der Waals surface area contributed by atoms with Crippen LogP contribution in [0.5, 0.6) is 0 Å². The fraction of sp³-hybridized carbons (Fsp3) is 0.625. The number of hydrogen-bond acceptors (Lipinski definition) is 5. The number of nitrogens with two attached hydrogens (primary N) is 1. The summed E-state index contributed by atoms with van der Waals surface area (Å²) in [5, 5.41) is 10.7. The molecule has 0 aromatic heterocycles. The van der Waals surface area contributed by atoms with Gasteiger partial charge in [0.25, 0.3) is 0 Å². The zero-order valence-corrected chi connectivity index (χ0v) is 21.2. The van der Waals surface area contributed by atoms with Crippen LogP contribution >= 0.6 is 24.8 Å². The third-order valence-corrected chi connectivity index (χ3v) is 6.38. The maximum absolute atomic E-state index is 12.8. The van der Waals surface area contributed by atoms with Crippen molar-refractivity contribution in [2.45, 2.75) is 58.4 Å². The van der Waals surface area contributed by atoms with E-state index in [-0.39, 0.29) is 60.4 Å². The number of hydrogen-bond donors (Lipinski definition) is 3. The molecule has 0 bridgehead atoms. The highest BCUT2D eigenvalue weighted by atomic mass is 35.5. The van der Waals surface area contributed by atoms with Gasteiger partial charge < -0.3 is 20.7 Å². The number of esters is 1. The molecule has 1 aromatic rings. The zero-order chi connectivity index (χ0) is 22.4. The summed E-state index contributed by atoms with van der Waals surface area (Å²) in [5.41, 5.74) is 7.35. The minimum Gasteiger partial charge on any atom is -0.465 e. The van der Waals surface area contributed by atoms with E-state index in [2.05, 4.69) is 10.2 Å². The van der Waals surface area contributed by atoms with Crippen molar-refractivity contribution in [3.05, 3.63) is 29.8 Å². The number of ether oxygens (including phenoxy) is 1. The third kappa shape index (κ3) is 8.38. The smallest absolute Gasteiger partial charge is 0.308 e. The molecule has 0 unspecified atom stereocenters. The van der Waals surface area contributed by atoms with Crippen LogP contribution < -0.4 is 16.0 Å². The molecule has 9 heteroatoms. The van der Waals surface area contributed by atoms with Crippen molar-refractivity contribution < 1.29 is 14.3 Å². The lowest BCUT2D eigenvalue weighted by Crippen LogP contribution is -2.45. The van der Waals surface area contributed by atoms with E-state index in [4.69, 9.17) is 15.9 Å². The van der Waals surface area contributed by atoms with Gasteiger partial charge in [0.15, 0.2) is 0 Å². The number of nitrogens with one attached hydrogen (secondary N) is 2. The monoisotopic (exact) mass is 500 g/mol. The molecular formula is C24H38Cl2N4O3. The van der Waals surface area contributed by atoms with Crippen molar-refractivity contribution in [1.29, 1.82) is 5.41 Å². The van der Waals surface area contributed by atoms with Crippen molar-refractivity contribution in [2.24, 2.45) is 23.5 Å². The first kappa shape index (κ1) is 29.0. The number of piperidine rings is 1. The molecule has 186 valence electrons. The number of amidine groups is 1. The fourth-order valence-corrected chi connectivity index (χ4v) is 4.41. The molecule has 1 heterocycles. The third-order valence-electron chi connectivity index (χ3n) is 6.38. The predicted molar refractivity (Wildman–Crippen MR) is 137 cm³/mol. The van der Waals surface area contributed by atoms with Crippen LogP contribution in [0.1, 0.15) is 57.9 Å². The van der Waals surface area contributed by atoms with Gasteiger partial charge in [0.1, 0.15) is 5.84 Å². The van der Waals surface area contributed by atoms with E-state index in [1.54, 1.807) is 0 Å². The second-order valence-electron chi connectivity index (χ2n) is 9.30. The first-order chi connectivity index (χ1) is 14.8. The number of benzene rings is 1. The second kappa shape index (κ2) is 13.7. The predicted octanol–water partition coefficient (Wildman–Crippen LogP) is 3.90. The van der Waals surface area contributed by atoms with Gasteiger partial charge >= 0.3 is 5.97 Å². The summed E-state index contributed by atoms with van der Waals surface area (Å²) in [6.45, 7) is 6.23. The van der Waals surface area contributed by atoms with Crippen molar-refractivity contribution in [2.75, 3.05) is 24.6 Å². The molecule has 1 saturated heterocycles. The summed E-state index contributed by atoms with van der Waals surface area (Å²) in [6.07, 6.45) is 4.92. The number of nitrogen functional groups attached to an aromatic ring is 1. The molecule has 4 N–H and O–H groups in total. The summed E-state index contributed by atoms with van der Waals surface area (Å²) in [6, 6.07) is 7.87. The summed E-state index contributed by atoms with van der Waals surface area (Å²) in [7, 11) is 0. The van der Waals surface area contributed by atoms with E-state index >= 15 is 0 Å². The first-order valence-electron chi connectivity index (χ1n) is 11.5. The normalized spacial score (nSPS) is 20.9. The highest BCUT2D eigenvalue weighted by Gasteiger charge is 2.31. The Balaban J connectivity index is 0.00000272. The Morgan fingerprint density at radius 2 is 1.61 bits per heavy atom. The maximum atomic E-state index is 12.8. The quantitative estimate of drug-likeness (QED) is 0.298. The van der Waals surface area contributed by atoms with Crippen molar-refractivity contribution in [3.63, 3.8) is 0 Å². The average molecular weight is 501 g/mol. The lowest BCUT2D eigenvalue weighted by Gasteiger charge is -2.34. The van der Waals surface area contributed by atoms with E-state index < -0.39 is 0 Å². The van der Waals surface area contributed by atoms with E-state index in [1.165, 1.54) is 0 Å². The van der Waals surface area contributed by atoms with Gasteiger partial charge in [-0.15, -0.1) is 24.8 Å². The molecule has 2 aliphatic rings. The SMILES string of the molecule is CC(C)COC(=O)[C@H]1CC[C@H](NC(=O)C2CCN(c3ccc(C(=N)N)cc3)CC2)CC1.Cl.Cl. The Hall–Kier alpha value is -1.99. The van der Waals surface area contributed by atoms with E-state index in [1.807, 2.05) is 38.1 Å². The van der Waals surface area contributed by atoms with E-state index in [0.29, 0.717) is 12.5 Å². The van der Waals surface area contributed by atoms with Crippen LogP contribution in [0.3, 0.4) is 0 Å². The molecule has 0 atom stereocenters. The molecule has 33 heavy (non-hydrogen) atoms. The second-order valence-corrected chi connectivity index (χ2v) is 9.30. The molecule has 1 aliphatic carbocycles. The Bertz CT molecular complexity index is 772. The van der Waals surface area contributed by atoms with Gasteiger partial charge in [-0.3, -0.25) is 15.0 Å². The minimum atomic E-state index is -0.0813. The van der Waals surface area contributed by atoms with Gasteiger partial charge in [-0.1, -0.05) is 13.8 Å². The lowest BCUT2D eigenvalue weighted by atomic mass is 9.85. The summed E-state index contributed by atoms with van der Waals surface area (Å²) < 4.78 is 5.37. The maximum Gasteiger partial charge on any atom is 0.308 e. The van der Waals surface area contributed by atoms with Crippen molar-refractivity contribution >= 4 is 48.2 Å². The molecule has 1 aliphatic heterocycles. The van der Waals surface area contributed by atoms with Gasteiger partial charge in [-0.2, -0.15) is 0 Å². The number of halogens is 2. The standard InChI is InChI=1S/C24H36N4O3.2ClH/c1-16(2)15-31-24(30)19-3-7-20(8-4-19)27-23(29)18-11-13-28(14-12-18)21-9-5-17(6-10-21)22(25)26;;/h5-6,9-10,16,18-20H,3-4,7-8,11-15H2,1-2H3,(H3,25,26)(H,27,29);2*1H/t19-,20-;;. The van der Waals surface area contributed by atoms with Gasteiger partial charge in [-0.05, 0) is 68.7 Å². The number of anilines is 1. The van der Waals surface area contributed by atoms with E-state index in [9.17, 15) is 9.59 Å². The van der Waals surface area contributed by atoms with Crippen molar-refractivity contribution in [1.82, 2.24) is 5.32 Å². The van der Waals surface area contributed by atoms with Crippen molar-refractivity contribution in [3.8, 4) is 0 Å². The Morgan fingerprint density at radius 1 is 1.03 bits per heavy atom. The lowest BCUT2D eigenvalue weighted by molar-refractivity contribution is -0.150. The number of nitrogens with zero attached hydrogens (tertiary/aromatic N) is 1. The van der Waals surface area contributed by atoms with Crippen LogP contribution in [0.2, 0.25) is 0 Å². The molecule has 0 radical (unpaired) electrons. The van der Waals surface area contributed by atoms with Gasteiger partial charge in [0, 0.05) is 36.3 Å². The highest BCUT2D eigenvalue weighted by Crippen LogP contribution is 2.27. The molecule has 2 fully saturated rings. The molecule has 1 saturated carbocycles. The number of rotatable bonds is 7. The summed E-state index contributed by atoms with van der Waals surface area (Å²) in [5.74, 6) is 0.514. The first-order valence-corrected chi connectivity index (χ1v) is 11.5. The topological polar surface area (TPSA) is 109 Å². The molecule has 0 spiro atoms. The molecule has 7 nitrogen and oxygen atoms in total. The zero-order valence-electron chi connectivity index (χ0n) is 19.5. The molecule has 3 rings (SSSR count). The molecule has 1 aromatic carbocycles. The van der Waals surface area contributed by atoms with E-state index in [0.717, 1.165) is 62.9 Å². The minimum absolute atomic E-state index is 0. The summed E-state index contributed by atoms with van der Waals surface area (Å²) in [4.78, 5) is 27.2. The largest absolute Gasteiger partial charge is 0.465 e. The van der Waals surface area contributed by atoms with Gasteiger partial charge in [0.05, 0.1) is 12.5 Å². The van der Waals surface area contributed by atoms with Crippen LogP contribution in [-0.2, 0) is 14.3 Å². The Labute approximate surface area is 209 Å². The Kier molecular flexibility index (Phi) is 12.0. The van der Waals surface area contributed by atoms with Crippen LogP contribution in [0, 0.1) is 23.2 Å². The number of amides is 1. The van der Waals surface area contributed by atoms with Crippen LogP contribution in [-0.4, -0.2) is 43.5 Å². The summed E-state index contributed by atoms with van der Waals surface area (Å²) >= 11 is 0. The number of carbonyl (C=O) groups is 2. The van der Waals surface area contributed by atoms with Crippen LogP contribution in [0.25, 0.3) is 0 Å². The van der Waals surface area contributed by atoms with Crippen LogP contribution in [0.4, 0.5) is 5.69 Å². The fourth-order valence-electron chi connectivity index (χ4n) is 4.41. The average Bonchev–Trinajstić information content (AvgIpc) is 2.78. The Morgan fingerprint density at radius 3 is 2.12 bits per heavy atom. The molecular weight excluding hydrogens is 463 g/mol. The molecule has 1 amide bonds.